The minimum absolute atomic E-state index is 0.127. The van der Waals surface area contributed by atoms with E-state index in [0.717, 1.165) is 22.1 Å². The highest BCUT2D eigenvalue weighted by Gasteiger charge is 2.23. The standard InChI is InChI=1S/C19H26NO5P/c1-4-24-26(22,25-5-2)11-10-20-19(21)13-15-6-7-17-14-18(23-3)9-8-16(17)12-15/h6-9,12,14H,4-5,10-11,13H2,1-3H3,(H,20,21). The number of hydrogen-bond acceptors (Lipinski definition) is 5. The monoisotopic (exact) mass is 379 g/mol. The molecule has 7 heteroatoms. The van der Waals surface area contributed by atoms with Crippen LogP contribution in [-0.2, 0) is 24.8 Å². The Bertz CT molecular complexity index is 783. The average molecular weight is 379 g/mol. The van der Waals surface area contributed by atoms with E-state index in [0.29, 0.717) is 13.2 Å². The van der Waals surface area contributed by atoms with Gasteiger partial charge in [-0.1, -0.05) is 24.3 Å². The molecule has 0 aliphatic carbocycles. The first-order valence-corrected chi connectivity index (χ1v) is 10.4. The summed E-state index contributed by atoms with van der Waals surface area (Å²) in [5, 5.41) is 4.89. The molecule has 142 valence electrons. The Labute approximate surface area is 154 Å². The molecule has 0 atom stereocenters. The van der Waals surface area contributed by atoms with Crippen molar-refractivity contribution < 1.29 is 23.1 Å². The van der Waals surface area contributed by atoms with E-state index in [1.54, 1.807) is 21.0 Å². The van der Waals surface area contributed by atoms with Gasteiger partial charge in [0.2, 0.25) is 5.91 Å². The molecule has 0 aliphatic heterocycles. The molecule has 26 heavy (non-hydrogen) atoms. The zero-order chi connectivity index (χ0) is 19.0. The van der Waals surface area contributed by atoms with E-state index in [1.807, 2.05) is 36.4 Å². The normalized spacial score (nSPS) is 11.5. The van der Waals surface area contributed by atoms with Gasteiger partial charge < -0.3 is 19.1 Å². The second-order valence-electron chi connectivity index (χ2n) is 5.74. The van der Waals surface area contributed by atoms with Crippen LogP contribution in [-0.4, -0.2) is 38.9 Å². The molecule has 6 nitrogen and oxygen atoms in total. The Kier molecular flexibility index (Phi) is 7.64. The number of carbonyl (C=O) groups excluding carboxylic acids is 1. The second-order valence-corrected chi connectivity index (χ2v) is 7.93. The first-order chi connectivity index (χ1) is 12.5. The minimum atomic E-state index is -3.12. The van der Waals surface area contributed by atoms with Gasteiger partial charge >= 0.3 is 7.60 Å². The number of methoxy groups -OCH3 is 1. The highest BCUT2D eigenvalue weighted by molar-refractivity contribution is 7.53. The highest BCUT2D eigenvalue weighted by atomic mass is 31.2. The van der Waals surface area contributed by atoms with Crippen LogP contribution < -0.4 is 10.1 Å². The fourth-order valence-corrected chi connectivity index (χ4v) is 4.16. The van der Waals surface area contributed by atoms with Gasteiger partial charge in [0, 0.05) is 6.54 Å². The third-order valence-corrected chi connectivity index (χ3v) is 5.91. The van der Waals surface area contributed by atoms with Crippen LogP contribution in [0.15, 0.2) is 36.4 Å². The largest absolute Gasteiger partial charge is 0.497 e. The van der Waals surface area contributed by atoms with Crippen LogP contribution in [0.25, 0.3) is 10.8 Å². The molecule has 2 aromatic rings. The number of nitrogens with one attached hydrogen (secondary N) is 1. The smallest absolute Gasteiger partial charge is 0.332 e. The lowest BCUT2D eigenvalue weighted by Crippen LogP contribution is -2.28. The van der Waals surface area contributed by atoms with E-state index in [1.165, 1.54) is 0 Å². The molecule has 0 heterocycles. The molecule has 0 spiro atoms. The lowest BCUT2D eigenvalue weighted by atomic mass is 10.0. The van der Waals surface area contributed by atoms with Crippen LogP contribution >= 0.6 is 7.60 Å². The van der Waals surface area contributed by atoms with Crippen molar-refractivity contribution in [2.75, 3.05) is 33.0 Å². The lowest BCUT2D eigenvalue weighted by Gasteiger charge is -2.17. The molecule has 0 saturated heterocycles. The van der Waals surface area contributed by atoms with Crippen molar-refractivity contribution >= 4 is 24.3 Å². The van der Waals surface area contributed by atoms with Gasteiger partial charge in [-0.05, 0) is 42.3 Å². The van der Waals surface area contributed by atoms with E-state index in [9.17, 15) is 9.36 Å². The fraction of sp³-hybridized carbons (Fsp3) is 0.421. The summed E-state index contributed by atoms with van der Waals surface area (Å²) in [5.74, 6) is 0.674. The number of carbonyl (C=O) groups is 1. The Balaban J connectivity index is 1.91. The first-order valence-electron chi connectivity index (χ1n) is 8.71. The summed E-state index contributed by atoms with van der Waals surface area (Å²) in [6, 6.07) is 11.7. The highest BCUT2D eigenvalue weighted by Crippen LogP contribution is 2.47. The quantitative estimate of drug-likeness (QED) is 0.636. The van der Waals surface area contributed by atoms with Crippen LogP contribution in [0.3, 0.4) is 0 Å². The van der Waals surface area contributed by atoms with Gasteiger partial charge in [-0.25, -0.2) is 0 Å². The predicted octanol–water partition coefficient (Wildman–Crippen LogP) is 3.77. The zero-order valence-electron chi connectivity index (χ0n) is 15.5. The molecule has 0 fully saturated rings. The van der Waals surface area contributed by atoms with E-state index >= 15 is 0 Å². The van der Waals surface area contributed by atoms with E-state index in [-0.39, 0.29) is 25.0 Å². The van der Waals surface area contributed by atoms with Gasteiger partial charge in [0.25, 0.3) is 0 Å². The van der Waals surface area contributed by atoms with Gasteiger partial charge in [-0.2, -0.15) is 0 Å². The van der Waals surface area contributed by atoms with Gasteiger partial charge in [0.1, 0.15) is 5.75 Å². The maximum atomic E-state index is 12.3. The Morgan fingerprint density at radius 2 is 1.69 bits per heavy atom. The number of rotatable bonds is 10. The number of amides is 1. The second kappa shape index (κ2) is 9.72. The van der Waals surface area contributed by atoms with Crippen molar-refractivity contribution in [3.63, 3.8) is 0 Å². The third-order valence-electron chi connectivity index (χ3n) is 3.84. The summed E-state index contributed by atoms with van der Waals surface area (Å²) >= 11 is 0. The van der Waals surface area contributed by atoms with Crippen molar-refractivity contribution in [2.45, 2.75) is 20.3 Å². The van der Waals surface area contributed by atoms with E-state index < -0.39 is 7.60 Å². The molecule has 0 unspecified atom stereocenters. The van der Waals surface area contributed by atoms with Gasteiger partial charge in [-0.3, -0.25) is 9.36 Å². The molecule has 0 saturated carbocycles. The fourth-order valence-electron chi connectivity index (χ4n) is 2.65. The first kappa shape index (κ1) is 20.4. The van der Waals surface area contributed by atoms with Crippen molar-refractivity contribution in [3.05, 3.63) is 42.0 Å². The topological polar surface area (TPSA) is 73.9 Å². The minimum Gasteiger partial charge on any atom is -0.497 e. The summed E-state index contributed by atoms with van der Waals surface area (Å²) in [4.78, 5) is 12.1. The van der Waals surface area contributed by atoms with Crippen molar-refractivity contribution in [3.8, 4) is 5.75 Å². The molecule has 2 rings (SSSR count). The summed E-state index contributed by atoms with van der Waals surface area (Å²) in [6.45, 7) is 4.40. The number of fused-ring (bicyclic) bond motifs is 1. The maximum Gasteiger partial charge on any atom is 0.332 e. The Morgan fingerprint density at radius 3 is 2.35 bits per heavy atom. The van der Waals surface area contributed by atoms with Crippen LogP contribution in [0.1, 0.15) is 19.4 Å². The molecule has 2 aromatic carbocycles. The molecule has 0 aliphatic rings. The van der Waals surface area contributed by atoms with Crippen LogP contribution in [0, 0.1) is 0 Å². The molecule has 1 N–H and O–H groups in total. The maximum absolute atomic E-state index is 12.3. The summed E-state index contributed by atoms with van der Waals surface area (Å²) in [5.41, 5.74) is 0.915. The van der Waals surface area contributed by atoms with Gasteiger partial charge in [0.15, 0.2) is 0 Å². The average Bonchev–Trinajstić information content (AvgIpc) is 2.61. The summed E-state index contributed by atoms with van der Waals surface area (Å²) in [7, 11) is -1.49. The van der Waals surface area contributed by atoms with Crippen LogP contribution in [0.4, 0.5) is 0 Å². The molecule has 0 bridgehead atoms. The van der Waals surface area contributed by atoms with Gasteiger partial charge in [0.05, 0.1) is 32.9 Å². The molecular weight excluding hydrogens is 353 g/mol. The predicted molar refractivity (Wildman–Crippen MR) is 103 cm³/mol. The zero-order valence-corrected chi connectivity index (χ0v) is 16.4. The molecule has 0 aromatic heterocycles. The summed E-state index contributed by atoms with van der Waals surface area (Å²) in [6.07, 6.45) is 0.424. The molecular formula is C19H26NO5P. The number of hydrogen-bond donors (Lipinski definition) is 1. The number of benzene rings is 2. The Morgan fingerprint density at radius 1 is 1.04 bits per heavy atom. The third kappa shape index (κ3) is 5.84. The molecule has 1 amide bonds. The lowest BCUT2D eigenvalue weighted by molar-refractivity contribution is -0.120. The van der Waals surface area contributed by atoms with E-state index in [4.69, 9.17) is 13.8 Å². The summed E-state index contributed by atoms with van der Waals surface area (Å²) < 4.78 is 28.0. The molecule has 0 radical (unpaired) electrons. The van der Waals surface area contributed by atoms with Gasteiger partial charge in [-0.15, -0.1) is 0 Å². The van der Waals surface area contributed by atoms with E-state index in [2.05, 4.69) is 5.32 Å². The van der Waals surface area contributed by atoms with Crippen LogP contribution in [0.2, 0.25) is 0 Å². The number of ether oxygens (including phenoxy) is 1. The SMILES string of the molecule is CCOP(=O)(CCNC(=O)Cc1ccc2cc(OC)ccc2c1)OCC. The van der Waals surface area contributed by atoms with Crippen molar-refractivity contribution in [1.29, 1.82) is 0 Å². The van der Waals surface area contributed by atoms with Crippen molar-refractivity contribution in [1.82, 2.24) is 5.32 Å². The van der Waals surface area contributed by atoms with Crippen molar-refractivity contribution in [2.24, 2.45) is 0 Å². The Hall–Kier alpha value is -1.88. The van der Waals surface area contributed by atoms with Crippen LogP contribution in [0.5, 0.6) is 5.75 Å².